The van der Waals surface area contributed by atoms with Gasteiger partial charge in [-0.2, -0.15) is 0 Å². The van der Waals surface area contributed by atoms with Gasteiger partial charge >= 0.3 is 0 Å². The number of hydrogen-bond acceptors (Lipinski definition) is 3. The van der Waals surface area contributed by atoms with Crippen molar-refractivity contribution in [3.63, 3.8) is 0 Å². The predicted octanol–water partition coefficient (Wildman–Crippen LogP) is 3.25. The number of amides is 1. The van der Waals surface area contributed by atoms with Crippen LogP contribution in [0.4, 0.5) is 0 Å². The molecule has 1 aromatic heterocycles. The SMILES string of the molecule is O=C1NC(CCc2ccccc2)=N/C1=C/c1cccs1. The molecule has 0 aliphatic carbocycles. The monoisotopic (exact) mass is 282 g/mol. The molecule has 0 saturated heterocycles. The van der Waals surface area contributed by atoms with Gasteiger partial charge in [0.15, 0.2) is 0 Å². The molecule has 3 nitrogen and oxygen atoms in total. The maximum atomic E-state index is 11.8. The first-order chi connectivity index (χ1) is 9.81. The first-order valence-electron chi connectivity index (χ1n) is 6.49. The van der Waals surface area contributed by atoms with Gasteiger partial charge in [0.05, 0.1) is 0 Å². The van der Waals surface area contributed by atoms with Gasteiger partial charge in [-0.1, -0.05) is 36.4 Å². The van der Waals surface area contributed by atoms with Crippen molar-refractivity contribution in [2.75, 3.05) is 0 Å². The Morgan fingerprint density at radius 3 is 2.70 bits per heavy atom. The van der Waals surface area contributed by atoms with E-state index in [2.05, 4.69) is 22.4 Å². The number of thiophene rings is 1. The molecule has 1 N–H and O–H groups in total. The number of carbonyl (C=O) groups is 1. The summed E-state index contributed by atoms with van der Waals surface area (Å²) in [6.07, 6.45) is 3.46. The molecular weight excluding hydrogens is 268 g/mol. The Morgan fingerprint density at radius 2 is 1.95 bits per heavy atom. The van der Waals surface area contributed by atoms with E-state index < -0.39 is 0 Å². The molecule has 1 aliphatic rings. The summed E-state index contributed by atoms with van der Waals surface area (Å²) >= 11 is 1.60. The third-order valence-corrected chi connectivity index (χ3v) is 3.88. The van der Waals surface area contributed by atoms with Crippen LogP contribution in [0.5, 0.6) is 0 Å². The molecule has 0 atom stereocenters. The second kappa shape index (κ2) is 5.84. The van der Waals surface area contributed by atoms with Crippen LogP contribution >= 0.6 is 11.3 Å². The molecular formula is C16H14N2OS. The summed E-state index contributed by atoms with van der Waals surface area (Å²) in [7, 11) is 0. The van der Waals surface area contributed by atoms with E-state index in [0.717, 1.165) is 23.6 Å². The fourth-order valence-electron chi connectivity index (χ4n) is 2.05. The number of nitrogens with one attached hydrogen (secondary N) is 1. The molecule has 0 fully saturated rings. The Labute approximate surface area is 121 Å². The molecule has 1 aromatic carbocycles. The molecule has 4 heteroatoms. The number of carbonyl (C=O) groups excluding carboxylic acids is 1. The fraction of sp³-hybridized carbons (Fsp3) is 0.125. The molecule has 2 aromatic rings. The number of aryl methyl sites for hydroxylation is 1. The average Bonchev–Trinajstić information content (AvgIpc) is 3.09. The summed E-state index contributed by atoms with van der Waals surface area (Å²) in [5, 5.41) is 4.82. The Bertz CT molecular complexity index is 657. The molecule has 2 heterocycles. The predicted molar refractivity (Wildman–Crippen MR) is 82.6 cm³/mol. The van der Waals surface area contributed by atoms with Crippen LogP contribution in [-0.4, -0.2) is 11.7 Å². The number of nitrogens with zero attached hydrogens (tertiary/aromatic N) is 1. The summed E-state index contributed by atoms with van der Waals surface area (Å²) in [4.78, 5) is 17.3. The topological polar surface area (TPSA) is 41.5 Å². The van der Waals surface area contributed by atoms with Crippen LogP contribution < -0.4 is 5.32 Å². The highest BCUT2D eigenvalue weighted by Gasteiger charge is 2.19. The van der Waals surface area contributed by atoms with Crippen molar-refractivity contribution in [3.8, 4) is 0 Å². The van der Waals surface area contributed by atoms with Crippen molar-refractivity contribution in [2.24, 2.45) is 4.99 Å². The molecule has 0 radical (unpaired) electrons. The standard InChI is InChI=1S/C16H14N2OS/c19-16-14(11-13-7-4-10-20-13)17-15(18-16)9-8-12-5-2-1-3-6-12/h1-7,10-11H,8-9H2,(H,17,18,19)/b14-11+. The van der Waals surface area contributed by atoms with E-state index in [4.69, 9.17) is 0 Å². The van der Waals surface area contributed by atoms with Crippen molar-refractivity contribution in [3.05, 3.63) is 64.0 Å². The van der Waals surface area contributed by atoms with Gasteiger partial charge in [0, 0.05) is 11.3 Å². The van der Waals surface area contributed by atoms with E-state index in [-0.39, 0.29) is 5.91 Å². The normalized spacial score (nSPS) is 16.3. The van der Waals surface area contributed by atoms with Gasteiger partial charge in [0.25, 0.3) is 5.91 Å². The van der Waals surface area contributed by atoms with E-state index in [1.54, 1.807) is 11.3 Å². The molecule has 3 rings (SSSR count). The van der Waals surface area contributed by atoms with Crippen LogP contribution in [0.25, 0.3) is 6.08 Å². The molecule has 0 saturated carbocycles. The smallest absolute Gasteiger partial charge is 0.275 e. The highest BCUT2D eigenvalue weighted by Crippen LogP contribution is 2.17. The Kier molecular flexibility index (Phi) is 3.74. The van der Waals surface area contributed by atoms with Crippen molar-refractivity contribution < 1.29 is 4.79 Å². The number of hydrogen-bond donors (Lipinski definition) is 1. The van der Waals surface area contributed by atoms with Crippen molar-refractivity contribution in [2.45, 2.75) is 12.8 Å². The van der Waals surface area contributed by atoms with Gasteiger partial charge in [-0.3, -0.25) is 4.79 Å². The van der Waals surface area contributed by atoms with Crippen LogP contribution in [0.3, 0.4) is 0 Å². The van der Waals surface area contributed by atoms with Crippen LogP contribution in [-0.2, 0) is 11.2 Å². The average molecular weight is 282 g/mol. The second-order valence-electron chi connectivity index (χ2n) is 4.54. The number of amidine groups is 1. The summed E-state index contributed by atoms with van der Waals surface area (Å²) in [5.74, 6) is 0.642. The lowest BCUT2D eigenvalue weighted by molar-refractivity contribution is -0.115. The second-order valence-corrected chi connectivity index (χ2v) is 5.52. The first kappa shape index (κ1) is 12.8. The van der Waals surface area contributed by atoms with Gasteiger partial charge in [-0.05, 0) is 29.5 Å². The van der Waals surface area contributed by atoms with E-state index in [0.29, 0.717) is 5.70 Å². The molecule has 0 spiro atoms. The molecule has 0 unspecified atom stereocenters. The Balaban J connectivity index is 1.68. The highest BCUT2D eigenvalue weighted by atomic mass is 32.1. The molecule has 1 amide bonds. The van der Waals surface area contributed by atoms with E-state index in [1.807, 2.05) is 41.8 Å². The maximum Gasteiger partial charge on any atom is 0.275 e. The van der Waals surface area contributed by atoms with Crippen LogP contribution in [0.1, 0.15) is 16.9 Å². The largest absolute Gasteiger partial charge is 0.309 e. The lowest BCUT2D eigenvalue weighted by atomic mass is 10.1. The van der Waals surface area contributed by atoms with Gasteiger partial charge in [-0.15, -0.1) is 11.3 Å². The molecule has 20 heavy (non-hydrogen) atoms. The lowest BCUT2D eigenvalue weighted by Crippen LogP contribution is -2.24. The van der Waals surface area contributed by atoms with Crippen LogP contribution in [0.2, 0.25) is 0 Å². The molecule has 1 aliphatic heterocycles. The van der Waals surface area contributed by atoms with Gasteiger partial charge < -0.3 is 5.32 Å². The summed E-state index contributed by atoms with van der Waals surface area (Å²) in [6.45, 7) is 0. The summed E-state index contributed by atoms with van der Waals surface area (Å²) in [6, 6.07) is 14.1. The van der Waals surface area contributed by atoms with Gasteiger partial charge in [0.1, 0.15) is 11.5 Å². The third kappa shape index (κ3) is 3.03. The van der Waals surface area contributed by atoms with Crippen molar-refractivity contribution >= 4 is 29.2 Å². The molecule has 0 bridgehead atoms. The fourth-order valence-corrected chi connectivity index (χ4v) is 2.70. The number of rotatable bonds is 4. The van der Waals surface area contributed by atoms with Crippen LogP contribution in [0, 0.1) is 0 Å². The van der Waals surface area contributed by atoms with Crippen LogP contribution in [0.15, 0.2) is 58.5 Å². The quantitative estimate of drug-likeness (QED) is 0.859. The summed E-state index contributed by atoms with van der Waals surface area (Å²) in [5.41, 5.74) is 1.75. The van der Waals surface area contributed by atoms with E-state index in [1.165, 1.54) is 5.56 Å². The van der Waals surface area contributed by atoms with Crippen molar-refractivity contribution in [1.82, 2.24) is 5.32 Å². The van der Waals surface area contributed by atoms with Gasteiger partial charge in [-0.25, -0.2) is 4.99 Å². The van der Waals surface area contributed by atoms with E-state index in [9.17, 15) is 4.79 Å². The van der Waals surface area contributed by atoms with Gasteiger partial charge in [0.2, 0.25) is 0 Å². The summed E-state index contributed by atoms with van der Waals surface area (Å²) < 4.78 is 0. The van der Waals surface area contributed by atoms with E-state index >= 15 is 0 Å². The zero-order valence-corrected chi connectivity index (χ0v) is 11.7. The lowest BCUT2D eigenvalue weighted by Gasteiger charge is -2.00. The zero-order chi connectivity index (χ0) is 13.8. The minimum atomic E-state index is -0.110. The highest BCUT2D eigenvalue weighted by molar-refractivity contribution is 7.10. The Morgan fingerprint density at radius 1 is 1.10 bits per heavy atom. The number of aliphatic imine (C=N–C) groups is 1. The minimum Gasteiger partial charge on any atom is -0.309 e. The zero-order valence-electron chi connectivity index (χ0n) is 10.9. The first-order valence-corrected chi connectivity index (χ1v) is 7.37. The van der Waals surface area contributed by atoms with Crippen molar-refractivity contribution in [1.29, 1.82) is 0 Å². The maximum absolute atomic E-state index is 11.8. The number of benzene rings is 1. The molecule has 100 valence electrons. The minimum absolute atomic E-state index is 0.110. The Hall–Kier alpha value is -2.20. The third-order valence-electron chi connectivity index (χ3n) is 3.06.